The van der Waals surface area contributed by atoms with E-state index in [2.05, 4.69) is 174 Å². The van der Waals surface area contributed by atoms with E-state index in [4.69, 9.17) is 23.8 Å². The van der Waals surface area contributed by atoms with E-state index in [1.807, 2.05) is 36.4 Å². The van der Waals surface area contributed by atoms with Crippen LogP contribution in [0.3, 0.4) is 0 Å². The average Bonchev–Trinajstić information content (AvgIpc) is 4.05. The first kappa shape index (κ1) is 36.2. The molecule has 6 heteroatoms. The molecule has 5 aromatic heterocycles. The summed E-state index contributed by atoms with van der Waals surface area (Å²) in [5.74, 6) is 1.80. The van der Waals surface area contributed by atoms with Crippen LogP contribution < -0.4 is 0 Å². The lowest BCUT2D eigenvalue weighted by atomic mass is 9.96. The highest BCUT2D eigenvalue weighted by Crippen LogP contribution is 2.47. The molecule has 0 N–H and O–H groups in total. The van der Waals surface area contributed by atoms with Gasteiger partial charge in [0.05, 0.1) is 21.9 Å². The summed E-state index contributed by atoms with van der Waals surface area (Å²) in [7, 11) is 0. The van der Waals surface area contributed by atoms with Gasteiger partial charge in [-0.1, -0.05) is 140 Å². The second-order valence-electron chi connectivity index (χ2n) is 17.5. The Balaban J connectivity index is 0.875. The van der Waals surface area contributed by atoms with Crippen LogP contribution in [0.2, 0.25) is 0 Å². The van der Waals surface area contributed by atoms with Gasteiger partial charge in [-0.15, -0.1) is 0 Å². The second-order valence-corrected chi connectivity index (χ2v) is 17.5. The van der Waals surface area contributed by atoms with Crippen molar-refractivity contribution in [2.24, 2.45) is 0 Å². The summed E-state index contributed by atoms with van der Waals surface area (Å²) in [4.78, 5) is 15.4. The highest BCUT2D eigenvalue weighted by atomic mass is 16.3. The highest BCUT2D eigenvalue weighted by Gasteiger charge is 2.23. The maximum absolute atomic E-state index is 6.94. The summed E-state index contributed by atoms with van der Waals surface area (Å²) in [5, 5.41) is 11.4. The standard InChI is InChI=1S/C61H34N4O2/c1-2-10-35(11-3-1)36-18-20-37(21-19-36)59-62-60(64-61(63-59)42-26-30-53-49(34-42)46-14-6-9-17-52(46)66-53)41-25-23-38-32-40(24-22-39(38)33-41)43-27-28-47-44-12-4-7-15-50(44)65-51-16-8-5-13-45(51)48-29-31-54-56(57(48)65)55(47)58(43)67-54/h1-34H. The highest BCUT2D eigenvalue weighted by molar-refractivity contribution is 6.33. The molecular formula is C61H34N4O2. The molecular weight excluding hydrogens is 821 g/mol. The number of nitrogens with zero attached hydrogens (tertiary/aromatic N) is 4. The smallest absolute Gasteiger partial charge is 0.164 e. The Morgan fingerprint density at radius 3 is 1.63 bits per heavy atom. The molecule has 0 unspecified atom stereocenters. The van der Waals surface area contributed by atoms with Crippen LogP contribution in [0.15, 0.2) is 215 Å². The Hall–Kier alpha value is -9.13. The van der Waals surface area contributed by atoms with E-state index in [1.54, 1.807) is 0 Å². The zero-order valence-corrected chi connectivity index (χ0v) is 35.7. The third kappa shape index (κ3) is 5.35. The Kier molecular flexibility index (Phi) is 7.40. The Labute approximate surface area is 382 Å². The second kappa shape index (κ2) is 13.7. The third-order valence-electron chi connectivity index (χ3n) is 13.8. The Morgan fingerprint density at radius 2 is 0.851 bits per heavy atom. The van der Waals surface area contributed by atoms with Crippen molar-refractivity contribution in [2.45, 2.75) is 0 Å². The minimum absolute atomic E-state index is 0.595. The average molecular weight is 855 g/mol. The van der Waals surface area contributed by atoms with E-state index in [9.17, 15) is 0 Å². The van der Waals surface area contributed by atoms with Crippen molar-refractivity contribution in [3.8, 4) is 56.4 Å². The van der Waals surface area contributed by atoms with Gasteiger partial charge in [-0.05, 0) is 99.6 Å². The summed E-state index contributed by atoms with van der Waals surface area (Å²) in [6.45, 7) is 0. The summed E-state index contributed by atoms with van der Waals surface area (Å²) in [5.41, 5.74) is 14.2. The van der Waals surface area contributed by atoms with Gasteiger partial charge in [0.2, 0.25) is 0 Å². The van der Waals surface area contributed by atoms with Gasteiger partial charge >= 0.3 is 0 Å². The molecule has 67 heavy (non-hydrogen) atoms. The molecule has 10 aromatic carbocycles. The molecule has 0 aliphatic rings. The number of aromatic nitrogens is 4. The Bertz CT molecular complexity index is 4500. The molecule has 0 fully saturated rings. The van der Waals surface area contributed by atoms with Gasteiger partial charge in [0, 0.05) is 54.6 Å². The summed E-state index contributed by atoms with van der Waals surface area (Å²) in [6, 6.07) is 72.6. The largest absolute Gasteiger partial charge is 0.456 e. The van der Waals surface area contributed by atoms with Crippen molar-refractivity contribution in [2.75, 3.05) is 0 Å². The molecule has 310 valence electrons. The third-order valence-corrected chi connectivity index (χ3v) is 13.8. The van der Waals surface area contributed by atoms with Gasteiger partial charge in [-0.2, -0.15) is 0 Å². The van der Waals surface area contributed by atoms with Crippen molar-refractivity contribution < 1.29 is 8.83 Å². The van der Waals surface area contributed by atoms with Crippen molar-refractivity contribution in [1.29, 1.82) is 0 Å². The fraction of sp³-hybridized carbons (Fsp3) is 0. The maximum atomic E-state index is 6.94. The zero-order valence-electron chi connectivity index (χ0n) is 35.7. The fourth-order valence-electron chi connectivity index (χ4n) is 10.6. The first-order chi connectivity index (χ1) is 33.2. The summed E-state index contributed by atoms with van der Waals surface area (Å²) in [6.07, 6.45) is 0. The summed E-state index contributed by atoms with van der Waals surface area (Å²) < 4.78 is 15.6. The molecule has 0 spiro atoms. The minimum Gasteiger partial charge on any atom is -0.456 e. The van der Waals surface area contributed by atoms with E-state index < -0.39 is 0 Å². The van der Waals surface area contributed by atoms with Gasteiger partial charge < -0.3 is 13.2 Å². The van der Waals surface area contributed by atoms with Crippen LogP contribution in [-0.4, -0.2) is 19.4 Å². The molecule has 0 saturated heterocycles. The number of benzene rings is 10. The molecule has 0 saturated carbocycles. The lowest BCUT2D eigenvalue weighted by molar-refractivity contribution is 0.669. The van der Waals surface area contributed by atoms with Crippen LogP contribution in [0.1, 0.15) is 0 Å². The van der Waals surface area contributed by atoms with Crippen LogP contribution in [0.5, 0.6) is 0 Å². The predicted molar refractivity (Wildman–Crippen MR) is 274 cm³/mol. The lowest BCUT2D eigenvalue weighted by Crippen LogP contribution is -2.00. The van der Waals surface area contributed by atoms with Crippen LogP contribution in [-0.2, 0) is 0 Å². The first-order valence-electron chi connectivity index (χ1n) is 22.6. The van der Waals surface area contributed by atoms with Crippen molar-refractivity contribution >= 4 is 92.7 Å². The molecule has 0 radical (unpaired) electrons. The molecule has 0 aliphatic heterocycles. The quantitative estimate of drug-likeness (QED) is 0.172. The summed E-state index contributed by atoms with van der Waals surface area (Å²) >= 11 is 0. The van der Waals surface area contributed by atoms with E-state index >= 15 is 0 Å². The van der Waals surface area contributed by atoms with Crippen LogP contribution >= 0.6 is 0 Å². The molecule has 15 aromatic rings. The van der Waals surface area contributed by atoms with E-state index in [-0.39, 0.29) is 0 Å². The van der Waals surface area contributed by atoms with Crippen LogP contribution in [0.4, 0.5) is 0 Å². The first-order valence-corrected chi connectivity index (χ1v) is 22.6. The SMILES string of the molecule is c1ccc(-c2ccc(-c3nc(-c4ccc5cc(-c6ccc7c8ccccc8n8c9ccccc9c9ccc%10oc6c7c%10c98)ccc5c4)nc(-c4ccc5oc6ccccc6c5c4)n3)cc2)cc1. The van der Waals surface area contributed by atoms with Gasteiger partial charge in [0.15, 0.2) is 17.5 Å². The minimum atomic E-state index is 0.595. The molecule has 0 atom stereocenters. The van der Waals surface area contributed by atoms with Crippen LogP contribution in [0, 0.1) is 0 Å². The van der Waals surface area contributed by atoms with E-state index in [1.165, 1.54) is 38.1 Å². The fourth-order valence-corrected chi connectivity index (χ4v) is 10.6. The number of para-hydroxylation sites is 3. The van der Waals surface area contributed by atoms with Gasteiger partial charge in [0.25, 0.3) is 0 Å². The molecule has 0 aliphatic carbocycles. The number of rotatable bonds is 5. The molecule has 6 nitrogen and oxygen atoms in total. The number of hydrogen-bond donors (Lipinski definition) is 0. The van der Waals surface area contributed by atoms with Gasteiger partial charge in [-0.3, -0.25) is 0 Å². The van der Waals surface area contributed by atoms with Crippen molar-refractivity contribution in [1.82, 2.24) is 19.4 Å². The van der Waals surface area contributed by atoms with Gasteiger partial charge in [-0.25, -0.2) is 15.0 Å². The molecule has 0 amide bonds. The number of furan rings is 2. The van der Waals surface area contributed by atoms with E-state index in [0.29, 0.717) is 17.5 Å². The van der Waals surface area contributed by atoms with Crippen LogP contribution in [0.25, 0.3) is 149 Å². The molecule has 15 rings (SSSR count). The van der Waals surface area contributed by atoms with Crippen molar-refractivity contribution in [3.63, 3.8) is 0 Å². The topological polar surface area (TPSA) is 69.4 Å². The molecule has 5 heterocycles. The normalized spacial score (nSPS) is 12.2. The molecule has 0 bridgehead atoms. The number of hydrogen-bond acceptors (Lipinski definition) is 5. The maximum Gasteiger partial charge on any atom is 0.164 e. The van der Waals surface area contributed by atoms with Crippen molar-refractivity contribution in [3.05, 3.63) is 206 Å². The number of fused-ring (bicyclic) bond motifs is 10. The monoisotopic (exact) mass is 854 g/mol. The van der Waals surface area contributed by atoms with E-state index in [0.717, 1.165) is 93.6 Å². The van der Waals surface area contributed by atoms with Gasteiger partial charge in [0.1, 0.15) is 22.3 Å². The zero-order chi connectivity index (χ0) is 43.7. The Morgan fingerprint density at radius 1 is 0.313 bits per heavy atom. The predicted octanol–water partition coefficient (Wildman–Crippen LogP) is 16.3. The lowest BCUT2D eigenvalue weighted by Gasteiger charge is -2.11.